The number of rotatable bonds is 3. The standard InChI is InChI=1S/C17H17N3/c1-13-7-6-8-15(11-13)19-17-18-14(2)12-20(17)16-9-4-3-5-10-16/h3-12H,1-2H3,(H,18,19). The first-order valence-corrected chi connectivity index (χ1v) is 6.67. The lowest BCUT2D eigenvalue weighted by atomic mass is 10.2. The van der Waals surface area contributed by atoms with Crippen LogP contribution in [0.15, 0.2) is 60.8 Å². The van der Waals surface area contributed by atoms with Gasteiger partial charge in [-0.2, -0.15) is 0 Å². The fourth-order valence-corrected chi connectivity index (χ4v) is 2.22. The molecule has 0 atom stereocenters. The van der Waals surface area contributed by atoms with Gasteiger partial charge in [0, 0.05) is 17.6 Å². The minimum absolute atomic E-state index is 0.833. The average molecular weight is 263 g/mol. The summed E-state index contributed by atoms with van der Waals surface area (Å²) < 4.78 is 2.07. The van der Waals surface area contributed by atoms with Crippen molar-refractivity contribution in [2.75, 3.05) is 5.32 Å². The molecular weight excluding hydrogens is 246 g/mol. The Balaban J connectivity index is 1.98. The van der Waals surface area contributed by atoms with Crippen molar-refractivity contribution in [1.29, 1.82) is 0 Å². The molecule has 100 valence electrons. The smallest absolute Gasteiger partial charge is 0.212 e. The highest BCUT2D eigenvalue weighted by molar-refractivity contribution is 5.57. The number of hydrogen-bond acceptors (Lipinski definition) is 2. The van der Waals surface area contributed by atoms with Crippen molar-refractivity contribution >= 4 is 11.6 Å². The molecule has 0 radical (unpaired) electrons. The van der Waals surface area contributed by atoms with Crippen molar-refractivity contribution in [3.63, 3.8) is 0 Å². The van der Waals surface area contributed by atoms with Crippen molar-refractivity contribution in [2.45, 2.75) is 13.8 Å². The zero-order valence-electron chi connectivity index (χ0n) is 11.7. The van der Waals surface area contributed by atoms with E-state index in [0.29, 0.717) is 0 Å². The van der Waals surface area contributed by atoms with Gasteiger partial charge < -0.3 is 5.32 Å². The van der Waals surface area contributed by atoms with Gasteiger partial charge in [0.2, 0.25) is 5.95 Å². The SMILES string of the molecule is Cc1cccc(Nc2nc(C)cn2-c2ccccc2)c1. The van der Waals surface area contributed by atoms with Crippen LogP contribution in [-0.4, -0.2) is 9.55 Å². The van der Waals surface area contributed by atoms with E-state index in [1.54, 1.807) is 0 Å². The van der Waals surface area contributed by atoms with Crippen LogP contribution in [0.2, 0.25) is 0 Å². The van der Waals surface area contributed by atoms with Gasteiger partial charge in [0.25, 0.3) is 0 Å². The molecule has 1 N–H and O–H groups in total. The maximum absolute atomic E-state index is 4.56. The molecule has 2 aromatic carbocycles. The Morgan fingerprint density at radius 1 is 0.950 bits per heavy atom. The summed E-state index contributed by atoms with van der Waals surface area (Å²) in [6.45, 7) is 4.08. The first-order chi connectivity index (χ1) is 9.72. The molecule has 3 aromatic rings. The highest BCUT2D eigenvalue weighted by atomic mass is 15.2. The number of aromatic nitrogens is 2. The second kappa shape index (κ2) is 5.21. The summed E-state index contributed by atoms with van der Waals surface area (Å²) in [5.41, 5.74) is 4.37. The van der Waals surface area contributed by atoms with Crippen LogP contribution in [-0.2, 0) is 0 Å². The fourth-order valence-electron chi connectivity index (χ4n) is 2.22. The Labute approximate surface area is 118 Å². The highest BCUT2D eigenvalue weighted by Gasteiger charge is 2.07. The van der Waals surface area contributed by atoms with Gasteiger partial charge >= 0.3 is 0 Å². The average Bonchev–Trinajstić information content (AvgIpc) is 2.80. The van der Waals surface area contributed by atoms with E-state index in [2.05, 4.69) is 46.1 Å². The number of nitrogens with one attached hydrogen (secondary N) is 1. The van der Waals surface area contributed by atoms with Crippen LogP contribution >= 0.6 is 0 Å². The summed E-state index contributed by atoms with van der Waals surface area (Å²) in [7, 11) is 0. The van der Waals surface area contributed by atoms with E-state index >= 15 is 0 Å². The van der Waals surface area contributed by atoms with E-state index in [1.165, 1.54) is 5.56 Å². The Morgan fingerprint density at radius 3 is 2.50 bits per heavy atom. The highest BCUT2D eigenvalue weighted by Crippen LogP contribution is 2.21. The van der Waals surface area contributed by atoms with Crippen molar-refractivity contribution in [3.05, 3.63) is 72.1 Å². The molecular formula is C17H17N3. The summed E-state index contributed by atoms with van der Waals surface area (Å²) in [4.78, 5) is 4.56. The predicted molar refractivity (Wildman–Crippen MR) is 82.8 cm³/mol. The number of para-hydroxylation sites is 1. The number of aryl methyl sites for hydroxylation is 2. The third kappa shape index (κ3) is 2.57. The van der Waals surface area contributed by atoms with Crippen LogP contribution in [0.4, 0.5) is 11.6 Å². The van der Waals surface area contributed by atoms with E-state index in [9.17, 15) is 0 Å². The largest absolute Gasteiger partial charge is 0.325 e. The summed E-state index contributed by atoms with van der Waals surface area (Å²) in [5.74, 6) is 0.833. The summed E-state index contributed by atoms with van der Waals surface area (Å²) >= 11 is 0. The minimum Gasteiger partial charge on any atom is -0.325 e. The third-order valence-corrected chi connectivity index (χ3v) is 3.13. The van der Waals surface area contributed by atoms with Crippen molar-refractivity contribution in [3.8, 4) is 5.69 Å². The lowest BCUT2D eigenvalue weighted by Gasteiger charge is -2.10. The number of hydrogen-bond donors (Lipinski definition) is 1. The predicted octanol–water partition coefficient (Wildman–Crippen LogP) is 4.23. The molecule has 0 fully saturated rings. The molecule has 0 amide bonds. The van der Waals surface area contributed by atoms with E-state index in [4.69, 9.17) is 0 Å². The summed E-state index contributed by atoms with van der Waals surface area (Å²) in [6, 6.07) is 18.5. The molecule has 0 aliphatic carbocycles. The van der Waals surface area contributed by atoms with Crippen LogP contribution in [0.1, 0.15) is 11.3 Å². The van der Waals surface area contributed by atoms with Gasteiger partial charge in [-0.05, 0) is 43.7 Å². The molecule has 0 unspecified atom stereocenters. The van der Waals surface area contributed by atoms with Crippen LogP contribution < -0.4 is 5.32 Å². The summed E-state index contributed by atoms with van der Waals surface area (Å²) in [6.07, 6.45) is 2.04. The lowest BCUT2D eigenvalue weighted by Crippen LogP contribution is -2.01. The van der Waals surface area contributed by atoms with E-state index in [1.807, 2.05) is 43.5 Å². The Kier molecular flexibility index (Phi) is 3.25. The molecule has 1 aromatic heterocycles. The molecule has 3 rings (SSSR count). The van der Waals surface area contributed by atoms with Crippen LogP contribution in [0, 0.1) is 13.8 Å². The van der Waals surface area contributed by atoms with E-state index < -0.39 is 0 Å². The van der Waals surface area contributed by atoms with Crippen LogP contribution in [0.3, 0.4) is 0 Å². The van der Waals surface area contributed by atoms with Crippen molar-refractivity contribution in [1.82, 2.24) is 9.55 Å². The second-order valence-electron chi connectivity index (χ2n) is 4.91. The van der Waals surface area contributed by atoms with Crippen LogP contribution in [0.5, 0.6) is 0 Å². The first kappa shape index (κ1) is 12.5. The molecule has 3 heteroatoms. The monoisotopic (exact) mass is 263 g/mol. The molecule has 0 saturated heterocycles. The van der Waals surface area contributed by atoms with Gasteiger partial charge in [0.05, 0.1) is 5.69 Å². The van der Waals surface area contributed by atoms with E-state index in [0.717, 1.165) is 23.0 Å². The maximum atomic E-state index is 4.56. The molecule has 1 heterocycles. The summed E-state index contributed by atoms with van der Waals surface area (Å²) in [5, 5.41) is 3.38. The van der Waals surface area contributed by atoms with Gasteiger partial charge in [-0.15, -0.1) is 0 Å². The number of nitrogens with zero attached hydrogens (tertiary/aromatic N) is 2. The van der Waals surface area contributed by atoms with Gasteiger partial charge in [0.15, 0.2) is 0 Å². The normalized spacial score (nSPS) is 10.5. The van der Waals surface area contributed by atoms with Gasteiger partial charge in [-0.3, -0.25) is 4.57 Å². The Hall–Kier alpha value is -2.55. The number of benzene rings is 2. The minimum atomic E-state index is 0.833. The first-order valence-electron chi connectivity index (χ1n) is 6.67. The number of imidazole rings is 1. The quantitative estimate of drug-likeness (QED) is 0.766. The van der Waals surface area contributed by atoms with Crippen molar-refractivity contribution in [2.24, 2.45) is 0 Å². The zero-order chi connectivity index (χ0) is 13.9. The molecule has 3 nitrogen and oxygen atoms in total. The second-order valence-corrected chi connectivity index (χ2v) is 4.91. The third-order valence-electron chi connectivity index (χ3n) is 3.13. The molecule has 0 bridgehead atoms. The molecule has 0 aliphatic heterocycles. The van der Waals surface area contributed by atoms with Gasteiger partial charge in [-0.25, -0.2) is 4.98 Å². The van der Waals surface area contributed by atoms with Crippen LogP contribution in [0.25, 0.3) is 5.69 Å². The molecule has 20 heavy (non-hydrogen) atoms. The van der Waals surface area contributed by atoms with Gasteiger partial charge in [0.1, 0.15) is 0 Å². The topological polar surface area (TPSA) is 29.9 Å². The number of anilines is 2. The fraction of sp³-hybridized carbons (Fsp3) is 0.118. The zero-order valence-corrected chi connectivity index (χ0v) is 11.7. The lowest BCUT2D eigenvalue weighted by molar-refractivity contribution is 1.06. The Morgan fingerprint density at radius 2 is 1.75 bits per heavy atom. The molecule has 0 aliphatic rings. The van der Waals surface area contributed by atoms with Gasteiger partial charge in [-0.1, -0.05) is 30.3 Å². The molecule has 0 saturated carbocycles. The maximum Gasteiger partial charge on any atom is 0.212 e. The molecule has 0 spiro atoms. The van der Waals surface area contributed by atoms with E-state index in [-0.39, 0.29) is 0 Å². The van der Waals surface area contributed by atoms with Crippen molar-refractivity contribution < 1.29 is 0 Å². The Bertz CT molecular complexity index is 714.